The number of aromatic nitrogens is 2. The summed E-state index contributed by atoms with van der Waals surface area (Å²) in [6.45, 7) is 0. The van der Waals surface area contributed by atoms with Gasteiger partial charge in [0.15, 0.2) is 0 Å². The van der Waals surface area contributed by atoms with Gasteiger partial charge in [0.1, 0.15) is 0 Å². The van der Waals surface area contributed by atoms with Gasteiger partial charge in [0, 0.05) is 5.69 Å². The number of alkyl halides is 2. The Morgan fingerprint density at radius 2 is 2.12 bits per heavy atom. The van der Waals surface area contributed by atoms with E-state index < -0.39 is 18.3 Å². The lowest BCUT2D eigenvalue weighted by Crippen LogP contribution is -2.31. The fraction of sp³-hybridized carbons (Fsp3) is 0.600. The summed E-state index contributed by atoms with van der Waals surface area (Å²) in [5.41, 5.74) is 1.86. The summed E-state index contributed by atoms with van der Waals surface area (Å²) in [5.74, 6) is -5.83. The molecule has 0 radical (unpaired) electrons. The number of halogens is 2. The molecule has 0 unspecified atom stereocenters. The normalized spacial score (nSPS) is 15.9. The SMILES string of the molecule is O=C(O)C(F)(F)Cc1n[nH]c2c1CCCC2. The zero-order chi connectivity index (χ0) is 11.8. The van der Waals surface area contributed by atoms with Crippen molar-refractivity contribution in [2.24, 2.45) is 0 Å². The molecular formula is C10H12F2N2O2. The van der Waals surface area contributed by atoms with Gasteiger partial charge >= 0.3 is 11.9 Å². The Labute approximate surface area is 90.7 Å². The van der Waals surface area contributed by atoms with Crippen molar-refractivity contribution in [2.45, 2.75) is 38.0 Å². The molecular weight excluding hydrogens is 218 g/mol. The molecule has 0 fully saturated rings. The van der Waals surface area contributed by atoms with E-state index in [4.69, 9.17) is 5.11 Å². The Morgan fingerprint density at radius 3 is 2.81 bits per heavy atom. The fourth-order valence-corrected chi connectivity index (χ4v) is 1.98. The van der Waals surface area contributed by atoms with E-state index in [2.05, 4.69) is 10.2 Å². The second kappa shape index (κ2) is 3.84. The predicted octanol–water partition coefficient (Wildman–Crippen LogP) is 1.55. The Balaban J connectivity index is 2.22. The summed E-state index contributed by atoms with van der Waals surface area (Å²) >= 11 is 0. The van der Waals surface area contributed by atoms with Gasteiger partial charge in [-0.15, -0.1) is 0 Å². The summed E-state index contributed by atoms with van der Waals surface area (Å²) in [7, 11) is 0. The van der Waals surface area contributed by atoms with Crippen LogP contribution in [0, 0.1) is 0 Å². The van der Waals surface area contributed by atoms with Crippen molar-refractivity contribution >= 4 is 5.97 Å². The highest BCUT2D eigenvalue weighted by Gasteiger charge is 2.40. The number of aryl methyl sites for hydroxylation is 1. The van der Waals surface area contributed by atoms with E-state index in [0.717, 1.165) is 30.5 Å². The number of carboxylic acid groups (broad SMARTS) is 1. The largest absolute Gasteiger partial charge is 0.477 e. The van der Waals surface area contributed by atoms with Gasteiger partial charge < -0.3 is 5.11 Å². The average molecular weight is 230 g/mol. The second-order valence-electron chi connectivity index (χ2n) is 4.02. The van der Waals surface area contributed by atoms with Gasteiger partial charge in [0.05, 0.1) is 12.1 Å². The number of carbonyl (C=O) groups is 1. The number of fused-ring (bicyclic) bond motifs is 1. The van der Waals surface area contributed by atoms with Crippen LogP contribution in [-0.2, 0) is 24.1 Å². The second-order valence-corrected chi connectivity index (χ2v) is 4.02. The average Bonchev–Trinajstić information content (AvgIpc) is 2.61. The maximum absolute atomic E-state index is 13.0. The van der Waals surface area contributed by atoms with Crippen LogP contribution >= 0.6 is 0 Å². The first-order valence-corrected chi connectivity index (χ1v) is 5.17. The van der Waals surface area contributed by atoms with Crippen molar-refractivity contribution in [3.63, 3.8) is 0 Å². The molecule has 16 heavy (non-hydrogen) atoms. The quantitative estimate of drug-likeness (QED) is 0.827. The van der Waals surface area contributed by atoms with Gasteiger partial charge in [-0.2, -0.15) is 13.9 Å². The first-order valence-electron chi connectivity index (χ1n) is 5.17. The summed E-state index contributed by atoms with van der Waals surface area (Å²) in [5, 5.41) is 14.9. The highest BCUT2D eigenvalue weighted by molar-refractivity contribution is 5.75. The smallest absolute Gasteiger partial charge is 0.374 e. The Bertz CT molecular complexity index is 415. The third kappa shape index (κ3) is 1.91. The molecule has 0 spiro atoms. The van der Waals surface area contributed by atoms with E-state index in [1.165, 1.54) is 0 Å². The summed E-state index contributed by atoms with van der Waals surface area (Å²) in [4.78, 5) is 10.3. The monoisotopic (exact) mass is 230 g/mol. The molecule has 88 valence electrons. The number of carboxylic acids is 1. The molecule has 0 amide bonds. The van der Waals surface area contributed by atoms with E-state index in [0.29, 0.717) is 6.42 Å². The lowest BCUT2D eigenvalue weighted by molar-refractivity contribution is -0.164. The zero-order valence-electron chi connectivity index (χ0n) is 8.59. The van der Waals surface area contributed by atoms with Crippen molar-refractivity contribution in [3.8, 4) is 0 Å². The van der Waals surface area contributed by atoms with E-state index >= 15 is 0 Å². The maximum atomic E-state index is 13.0. The molecule has 0 atom stereocenters. The molecule has 1 aromatic rings. The predicted molar refractivity (Wildman–Crippen MR) is 51.5 cm³/mol. The molecule has 2 rings (SSSR count). The van der Waals surface area contributed by atoms with Gasteiger partial charge in [-0.3, -0.25) is 5.10 Å². The lowest BCUT2D eigenvalue weighted by atomic mass is 9.94. The van der Waals surface area contributed by atoms with Crippen molar-refractivity contribution in [1.82, 2.24) is 10.2 Å². The van der Waals surface area contributed by atoms with Crippen LogP contribution in [0.25, 0.3) is 0 Å². The maximum Gasteiger partial charge on any atom is 0.374 e. The number of aromatic amines is 1. The van der Waals surface area contributed by atoms with Crippen LogP contribution < -0.4 is 0 Å². The molecule has 0 saturated heterocycles. The molecule has 0 bridgehead atoms. The van der Waals surface area contributed by atoms with Gasteiger partial charge in [-0.1, -0.05) is 0 Å². The topological polar surface area (TPSA) is 66.0 Å². The number of rotatable bonds is 3. The molecule has 0 aromatic carbocycles. The van der Waals surface area contributed by atoms with Crippen LogP contribution in [0.5, 0.6) is 0 Å². The van der Waals surface area contributed by atoms with Gasteiger partial charge in [-0.05, 0) is 31.2 Å². The lowest BCUT2D eigenvalue weighted by Gasteiger charge is -2.13. The minimum Gasteiger partial charge on any atom is -0.477 e. The Morgan fingerprint density at radius 1 is 1.44 bits per heavy atom. The minimum absolute atomic E-state index is 0.196. The van der Waals surface area contributed by atoms with Gasteiger partial charge in [-0.25, -0.2) is 4.79 Å². The third-order valence-electron chi connectivity index (χ3n) is 2.84. The van der Waals surface area contributed by atoms with Crippen molar-refractivity contribution in [3.05, 3.63) is 17.0 Å². The molecule has 1 heterocycles. The summed E-state index contributed by atoms with van der Waals surface area (Å²) < 4.78 is 26.1. The molecule has 2 N–H and O–H groups in total. The number of hydrogen-bond donors (Lipinski definition) is 2. The molecule has 0 saturated carbocycles. The van der Waals surface area contributed by atoms with Gasteiger partial charge in [0.2, 0.25) is 0 Å². The van der Waals surface area contributed by atoms with Crippen LogP contribution in [0.15, 0.2) is 0 Å². The molecule has 1 aliphatic rings. The van der Waals surface area contributed by atoms with Gasteiger partial charge in [0.25, 0.3) is 0 Å². The number of hydrogen-bond acceptors (Lipinski definition) is 2. The molecule has 4 nitrogen and oxygen atoms in total. The molecule has 6 heteroatoms. The van der Waals surface area contributed by atoms with Crippen LogP contribution in [-0.4, -0.2) is 27.2 Å². The standard InChI is InChI=1S/C10H12F2N2O2/c11-10(12,9(15)16)5-8-6-3-1-2-4-7(6)13-14-8/h1-5H2,(H,13,14)(H,15,16). The zero-order valence-corrected chi connectivity index (χ0v) is 8.59. The van der Waals surface area contributed by atoms with E-state index in [1.54, 1.807) is 0 Å². The first-order chi connectivity index (χ1) is 7.50. The highest BCUT2D eigenvalue weighted by Crippen LogP contribution is 2.27. The Kier molecular flexibility index (Phi) is 2.65. The molecule has 1 aliphatic carbocycles. The fourth-order valence-electron chi connectivity index (χ4n) is 1.98. The summed E-state index contributed by atoms with van der Waals surface area (Å²) in [6.07, 6.45) is 2.65. The third-order valence-corrected chi connectivity index (χ3v) is 2.84. The van der Waals surface area contributed by atoms with Crippen LogP contribution in [0.3, 0.4) is 0 Å². The number of aliphatic carboxylic acids is 1. The van der Waals surface area contributed by atoms with Crippen LogP contribution in [0.1, 0.15) is 29.8 Å². The number of H-pyrrole nitrogens is 1. The van der Waals surface area contributed by atoms with E-state index in [-0.39, 0.29) is 5.69 Å². The molecule has 1 aromatic heterocycles. The van der Waals surface area contributed by atoms with Crippen molar-refractivity contribution in [2.75, 3.05) is 0 Å². The van der Waals surface area contributed by atoms with Crippen molar-refractivity contribution in [1.29, 1.82) is 0 Å². The van der Waals surface area contributed by atoms with E-state index in [9.17, 15) is 13.6 Å². The highest BCUT2D eigenvalue weighted by atomic mass is 19.3. The van der Waals surface area contributed by atoms with E-state index in [1.807, 2.05) is 0 Å². The minimum atomic E-state index is -3.74. The van der Waals surface area contributed by atoms with Crippen LogP contribution in [0.2, 0.25) is 0 Å². The first kappa shape index (κ1) is 11.0. The van der Waals surface area contributed by atoms with Crippen molar-refractivity contribution < 1.29 is 18.7 Å². The Hall–Kier alpha value is -1.46. The van der Waals surface area contributed by atoms with Crippen LogP contribution in [0.4, 0.5) is 8.78 Å². The number of nitrogens with zero attached hydrogens (tertiary/aromatic N) is 1. The number of nitrogens with one attached hydrogen (secondary N) is 1. The molecule has 0 aliphatic heterocycles. The summed E-state index contributed by atoms with van der Waals surface area (Å²) in [6, 6.07) is 0.